The van der Waals surface area contributed by atoms with Gasteiger partial charge in [-0.2, -0.15) is 0 Å². The Bertz CT molecular complexity index is 423. The van der Waals surface area contributed by atoms with Crippen LogP contribution >= 0.6 is 11.3 Å². The molecule has 2 unspecified atom stereocenters. The van der Waals surface area contributed by atoms with Crippen LogP contribution in [-0.2, 0) is 11.2 Å². The van der Waals surface area contributed by atoms with Gasteiger partial charge in [0.15, 0.2) is 0 Å². The third-order valence-corrected chi connectivity index (χ3v) is 5.13. The van der Waals surface area contributed by atoms with Crippen molar-refractivity contribution >= 4 is 17.2 Å². The van der Waals surface area contributed by atoms with Gasteiger partial charge in [-0.1, -0.05) is 6.92 Å². The van der Waals surface area contributed by atoms with Crippen molar-refractivity contribution in [1.82, 2.24) is 5.32 Å². The van der Waals surface area contributed by atoms with E-state index in [2.05, 4.69) is 16.8 Å². The standard InChI is InChI=1S/C14H22N2OS/c1-3-14(2,9-15)13(17)16-11-5-4-6-12-10(11)7-8-18-12/h7-8,11H,3-6,9,15H2,1-2H3,(H,16,17). The molecule has 0 fully saturated rings. The molecule has 100 valence electrons. The molecule has 18 heavy (non-hydrogen) atoms. The van der Waals surface area contributed by atoms with Crippen LogP contribution in [0.25, 0.3) is 0 Å². The van der Waals surface area contributed by atoms with Crippen LogP contribution in [0.3, 0.4) is 0 Å². The zero-order valence-electron chi connectivity index (χ0n) is 11.2. The number of fused-ring (bicyclic) bond motifs is 1. The first-order valence-electron chi connectivity index (χ1n) is 6.68. The predicted molar refractivity (Wildman–Crippen MR) is 75.6 cm³/mol. The highest BCUT2D eigenvalue weighted by Gasteiger charge is 2.32. The summed E-state index contributed by atoms with van der Waals surface area (Å²) in [6.07, 6.45) is 4.13. The molecule has 4 heteroatoms. The third-order valence-electron chi connectivity index (χ3n) is 4.14. The van der Waals surface area contributed by atoms with Gasteiger partial charge < -0.3 is 11.1 Å². The van der Waals surface area contributed by atoms with Crippen molar-refractivity contribution in [1.29, 1.82) is 0 Å². The minimum Gasteiger partial charge on any atom is -0.349 e. The van der Waals surface area contributed by atoms with Gasteiger partial charge in [0.25, 0.3) is 0 Å². The Morgan fingerprint density at radius 1 is 1.67 bits per heavy atom. The van der Waals surface area contributed by atoms with Crippen molar-refractivity contribution < 1.29 is 4.79 Å². The van der Waals surface area contributed by atoms with Crippen molar-refractivity contribution in [2.24, 2.45) is 11.1 Å². The van der Waals surface area contributed by atoms with Crippen LogP contribution in [0.15, 0.2) is 11.4 Å². The zero-order valence-corrected chi connectivity index (χ0v) is 12.0. The fraction of sp³-hybridized carbons (Fsp3) is 0.643. The van der Waals surface area contributed by atoms with Crippen molar-refractivity contribution in [2.45, 2.75) is 45.6 Å². The summed E-state index contributed by atoms with van der Waals surface area (Å²) in [6, 6.07) is 2.33. The lowest BCUT2D eigenvalue weighted by Gasteiger charge is -2.30. The molecule has 1 aromatic rings. The van der Waals surface area contributed by atoms with Gasteiger partial charge in [0, 0.05) is 11.4 Å². The molecule has 2 rings (SSSR count). The van der Waals surface area contributed by atoms with E-state index in [1.807, 2.05) is 13.8 Å². The number of nitrogens with one attached hydrogen (secondary N) is 1. The van der Waals surface area contributed by atoms with Gasteiger partial charge in [-0.25, -0.2) is 0 Å². The Balaban J connectivity index is 2.10. The fourth-order valence-electron chi connectivity index (χ4n) is 2.37. The molecule has 0 saturated heterocycles. The molecule has 1 aromatic heterocycles. The molecule has 1 aliphatic rings. The van der Waals surface area contributed by atoms with Gasteiger partial charge in [-0.15, -0.1) is 11.3 Å². The highest BCUT2D eigenvalue weighted by atomic mass is 32.1. The number of thiophene rings is 1. The number of hydrogen-bond acceptors (Lipinski definition) is 3. The Kier molecular flexibility index (Phi) is 4.07. The van der Waals surface area contributed by atoms with Gasteiger partial charge in [0.1, 0.15) is 0 Å². The van der Waals surface area contributed by atoms with Crippen LogP contribution in [0.1, 0.15) is 49.6 Å². The number of carbonyl (C=O) groups excluding carboxylic acids is 1. The molecular formula is C14H22N2OS. The van der Waals surface area contributed by atoms with Crippen molar-refractivity contribution in [3.63, 3.8) is 0 Å². The van der Waals surface area contributed by atoms with E-state index in [4.69, 9.17) is 5.73 Å². The maximum Gasteiger partial charge on any atom is 0.227 e. The number of nitrogens with two attached hydrogens (primary N) is 1. The summed E-state index contributed by atoms with van der Waals surface area (Å²) in [6.45, 7) is 4.36. The van der Waals surface area contributed by atoms with Crippen LogP contribution < -0.4 is 11.1 Å². The summed E-state index contributed by atoms with van der Waals surface area (Å²) in [7, 11) is 0. The van der Waals surface area contributed by atoms with E-state index in [1.54, 1.807) is 11.3 Å². The summed E-state index contributed by atoms with van der Waals surface area (Å²) < 4.78 is 0. The van der Waals surface area contributed by atoms with E-state index in [1.165, 1.54) is 10.4 Å². The van der Waals surface area contributed by atoms with Crippen molar-refractivity contribution in [3.05, 3.63) is 21.9 Å². The van der Waals surface area contributed by atoms with Crippen molar-refractivity contribution in [2.75, 3.05) is 6.54 Å². The fourth-order valence-corrected chi connectivity index (χ4v) is 3.35. The second-order valence-electron chi connectivity index (χ2n) is 5.34. The van der Waals surface area contributed by atoms with E-state index < -0.39 is 5.41 Å². The van der Waals surface area contributed by atoms with Gasteiger partial charge in [0.05, 0.1) is 11.5 Å². The van der Waals surface area contributed by atoms with Gasteiger partial charge in [-0.3, -0.25) is 4.79 Å². The molecule has 0 saturated carbocycles. The maximum absolute atomic E-state index is 12.3. The minimum absolute atomic E-state index is 0.0940. The lowest BCUT2D eigenvalue weighted by Crippen LogP contribution is -2.45. The van der Waals surface area contributed by atoms with E-state index in [0.29, 0.717) is 6.54 Å². The molecule has 0 bridgehead atoms. The number of rotatable bonds is 4. The van der Waals surface area contributed by atoms with Crippen LogP contribution in [0, 0.1) is 5.41 Å². The normalized spacial score (nSPS) is 22.1. The molecular weight excluding hydrogens is 244 g/mol. The van der Waals surface area contributed by atoms with Crippen LogP contribution in [-0.4, -0.2) is 12.5 Å². The van der Waals surface area contributed by atoms with E-state index in [-0.39, 0.29) is 11.9 Å². The number of hydrogen-bond donors (Lipinski definition) is 2. The van der Waals surface area contributed by atoms with Crippen LogP contribution in [0.5, 0.6) is 0 Å². The first-order valence-corrected chi connectivity index (χ1v) is 7.56. The molecule has 0 aliphatic heterocycles. The van der Waals surface area contributed by atoms with Crippen LogP contribution in [0.2, 0.25) is 0 Å². The molecule has 1 aliphatic carbocycles. The summed E-state index contributed by atoms with van der Waals surface area (Å²) in [5.74, 6) is 0.0940. The molecule has 3 nitrogen and oxygen atoms in total. The minimum atomic E-state index is -0.437. The highest BCUT2D eigenvalue weighted by molar-refractivity contribution is 7.10. The van der Waals surface area contributed by atoms with Crippen molar-refractivity contribution in [3.8, 4) is 0 Å². The summed E-state index contributed by atoms with van der Waals surface area (Å²) in [5.41, 5.74) is 6.62. The molecule has 0 spiro atoms. The van der Waals surface area contributed by atoms with E-state index >= 15 is 0 Å². The Morgan fingerprint density at radius 2 is 2.44 bits per heavy atom. The number of aryl methyl sites for hydroxylation is 1. The lowest BCUT2D eigenvalue weighted by atomic mass is 9.85. The third kappa shape index (κ3) is 2.45. The second-order valence-corrected chi connectivity index (χ2v) is 6.34. The average Bonchev–Trinajstić information content (AvgIpc) is 2.87. The summed E-state index contributed by atoms with van der Waals surface area (Å²) in [4.78, 5) is 13.8. The van der Waals surface area contributed by atoms with Gasteiger partial charge in [-0.05, 0) is 49.6 Å². The molecule has 1 amide bonds. The van der Waals surface area contributed by atoms with Gasteiger partial charge >= 0.3 is 0 Å². The van der Waals surface area contributed by atoms with E-state index in [9.17, 15) is 4.79 Å². The molecule has 2 atom stereocenters. The highest BCUT2D eigenvalue weighted by Crippen LogP contribution is 2.34. The van der Waals surface area contributed by atoms with Crippen LogP contribution in [0.4, 0.5) is 0 Å². The summed E-state index contributed by atoms with van der Waals surface area (Å²) >= 11 is 1.80. The molecule has 1 heterocycles. The monoisotopic (exact) mass is 266 g/mol. The first-order chi connectivity index (χ1) is 8.60. The van der Waals surface area contributed by atoms with E-state index in [0.717, 1.165) is 25.7 Å². The zero-order chi connectivity index (χ0) is 13.2. The quantitative estimate of drug-likeness (QED) is 0.880. The predicted octanol–water partition coefficient (Wildman–Crippen LogP) is 2.62. The smallest absolute Gasteiger partial charge is 0.227 e. The Labute approximate surface area is 113 Å². The largest absolute Gasteiger partial charge is 0.349 e. The molecule has 3 N–H and O–H groups in total. The second kappa shape index (κ2) is 5.41. The molecule has 0 radical (unpaired) electrons. The maximum atomic E-state index is 12.3. The lowest BCUT2D eigenvalue weighted by molar-refractivity contribution is -0.130. The Morgan fingerprint density at radius 3 is 3.11 bits per heavy atom. The topological polar surface area (TPSA) is 55.1 Å². The number of amides is 1. The SMILES string of the molecule is CCC(C)(CN)C(=O)NC1CCCc2sccc21. The first kappa shape index (κ1) is 13.6. The molecule has 0 aromatic carbocycles. The average molecular weight is 266 g/mol. The van der Waals surface area contributed by atoms with Gasteiger partial charge in [0.2, 0.25) is 5.91 Å². The number of carbonyl (C=O) groups is 1. The Hall–Kier alpha value is -0.870. The summed E-state index contributed by atoms with van der Waals surface area (Å²) in [5, 5.41) is 5.31.